The Morgan fingerprint density at radius 3 is 2.44 bits per heavy atom. The third-order valence-electron chi connectivity index (χ3n) is 7.89. The molecule has 10 nitrogen and oxygen atoms in total. The third-order valence-corrected chi connectivity index (χ3v) is 7.89. The van der Waals surface area contributed by atoms with Crippen LogP contribution in [0.25, 0.3) is 0 Å². The number of amides is 3. The quantitative estimate of drug-likeness (QED) is 0.164. The van der Waals surface area contributed by atoms with Gasteiger partial charge in [-0.05, 0) is 49.4 Å². The number of hydrogen-bond donors (Lipinski definition) is 4. The molecule has 0 spiro atoms. The number of carbonyl (C=O) groups is 3. The molecule has 2 aromatic carbocycles. The number of carbonyl (C=O) groups excluding carboxylic acids is 2. The molecule has 222 valence electrons. The average Bonchev–Trinajstić information content (AvgIpc) is 3.26. The third kappa shape index (κ3) is 8.85. The van der Waals surface area contributed by atoms with E-state index in [1.165, 1.54) is 17.7 Å². The highest BCUT2D eigenvalue weighted by atomic mass is 16.5. The van der Waals surface area contributed by atoms with Crippen molar-refractivity contribution in [3.05, 3.63) is 53.6 Å². The fraction of sp³-hybridized carbons (Fsp3) is 0.516. The number of phenols is 1. The zero-order chi connectivity index (χ0) is 29.0. The molecule has 0 unspecified atom stereocenters. The van der Waals surface area contributed by atoms with Crippen molar-refractivity contribution in [2.24, 2.45) is 0 Å². The molecule has 0 atom stereocenters. The Morgan fingerprint density at radius 1 is 0.951 bits per heavy atom. The van der Waals surface area contributed by atoms with Gasteiger partial charge in [0, 0.05) is 38.6 Å². The molecule has 1 heterocycles. The minimum absolute atomic E-state index is 0.00130. The van der Waals surface area contributed by atoms with Gasteiger partial charge >= 0.3 is 6.09 Å². The van der Waals surface area contributed by atoms with E-state index < -0.39 is 6.09 Å². The molecule has 2 aliphatic rings. The first kappa shape index (κ1) is 30.2. The molecule has 0 radical (unpaired) electrons. The molecule has 10 heteroatoms. The van der Waals surface area contributed by atoms with Crippen molar-refractivity contribution in [3.8, 4) is 11.5 Å². The maximum absolute atomic E-state index is 13.5. The van der Waals surface area contributed by atoms with Crippen LogP contribution in [0, 0.1) is 0 Å². The number of aromatic hydroxyl groups is 1. The summed E-state index contributed by atoms with van der Waals surface area (Å²) in [6.45, 7) is 2.25. The van der Waals surface area contributed by atoms with E-state index in [2.05, 4.69) is 10.6 Å². The maximum atomic E-state index is 13.5. The van der Waals surface area contributed by atoms with Gasteiger partial charge in [0.2, 0.25) is 5.91 Å². The molecule has 0 bridgehead atoms. The highest BCUT2D eigenvalue weighted by Crippen LogP contribution is 2.39. The Kier molecular flexibility index (Phi) is 11.2. The number of benzene rings is 2. The molecule has 1 fully saturated rings. The lowest BCUT2D eigenvalue weighted by atomic mass is 10.1. The lowest BCUT2D eigenvalue weighted by Crippen LogP contribution is -2.45. The summed E-state index contributed by atoms with van der Waals surface area (Å²) in [5.74, 6) is 0.177. The molecule has 0 aromatic heterocycles. The summed E-state index contributed by atoms with van der Waals surface area (Å²) in [4.78, 5) is 40.3. The van der Waals surface area contributed by atoms with Crippen LogP contribution < -0.4 is 15.4 Å². The monoisotopic (exact) mass is 566 g/mol. The molecule has 1 aliphatic carbocycles. The minimum atomic E-state index is -1.00. The molecular weight excluding hydrogens is 524 g/mol. The van der Waals surface area contributed by atoms with Gasteiger partial charge in [0.15, 0.2) is 12.4 Å². The van der Waals surface area contributed by atoms with Gasteiger partial charge in [0.05, 0.1) is 0 Å². The summed E-state index contributed by atoms with van der Waals surface area (Å²) in [6, 6.07) is 13.3. The fourth-order valence-electron chi connectivity index (χ4n) is 5.63. The minimum Gasteiger partial charge on any atom is -0.506 e. The Morgan fingerprint density at radius 2 is 1.71 bits per heavy atom. The predicted octanol–water partition coefficient (Wildman–Crippen LogP) is 4.02. The second-order valence-electron chi connectivity index (χ2n) is 10.8. The van der Waals surface area contributed by atoms with Gasteiger partial charge < -0.3 is 35.4 Å². The second-order valence-corrected chi connectivity index (χ2v) is 10.8. The van der Waals surface area contributed by atoms with Crippen molar-refractivity contribution < 1.29 is 29.3 Å². The van der Waals surface area contributed by atoms with Gasteiger partial charge in [-0.1, -0.05) is 62.1 Å². The topological polar surface area (TPSA) is 131 Å². The van der Waals surface area contributed by atoms with E-state index >= 15 is 0 Å². The number of nitrogens with one attached hydrogen (secondary N) is 2. The summed E-state index contributed by atoms with van der Waals surface area (Å²) >= 11 is 0. The van der Waals surface area contributed by atoms with Gasteiger partial charge in [-0.15, -0.1) is 0 Å². The highest BCUT2D eigenvalue weighted by Gasteiger charge is 2.26. The standard InChI is InChI=1S/C31H42N4O6/c36-26-13-12-24(30-29(26)33-27(37)22-41-30)14-17-32-18-21-35(25-10-6-1-2-7-11-25)28(38)16-20-34(31(39)40)19-15-23-8-4-3-5-9-23/h3-5,8-9,12-13,25,32,36H,1-2,6-7,10-11,14-22H2,(H,33,37)(H,39,40). The first-order valence-corrected chi connectivity index (χ1v) is 14.7. The lowest BCUT2D eigenvalue weighted by Gasteiger charge is -2.32. The SMILES string of the molecule is O=C1COc2c(CCNCCN(C(=O)CCN(CCc3ccccc3)C(=O)O)C3CCCCCC3)ccc(O)c2N1. The van der Waals surface area contributed by atoms with Crippen LogP contribution in [0.5, 0.6) is 11.5 Å². The second kappa shape index (κ2) is 15.3. The molecular formula is C31H42N4O6. The van der Waals surface area contributed by atoms with Crippen LogP contribution in [0.15, 0.2) is 42.5 Å². The van der Waals surface area contributed by atoms with E-state index in [0.717, 1.165) is 36.8 Å². The van der Waals surface area contributed by atoms with Crippen molar-refractivity contribution in [1.82, 2.24) is 15.1 Å². The highest BCUT2D eigenvalue weighted by molar-refractivity contribution is 5.97. The Balaban J connectivity index is 1.30. The summed E-state index contributed by atoms with van der Waals surface area (Å²) in [5, 5.41) is 25.9. The normalized spacial score (nSPS) is 15.3. The van der Waals surface area contributed by atoms with Gasteiger partial charge in [0.25, 0.3) is 5.91 Å². The Labute approximate surface area is 241 Å². The summed E-state index contributed by atoms with van der Waals surface area (Å²) < 4.78 is 5.57. The molecule has 4 N–H and O–H groups in total. The lowest BCUT2D eigenvalue weighted by molar-refractivity contribution is -0.134. The number of fused-ring (bicyclic) bond motifs is 1. The van der Waals surface area contributed by atoms with Crippen molar-refractivity contribution in [1.29, 1.82) is 0 Å². The first-order chi connectivity index (χ1) is 19.9. The van der Waals surface area contributed by atoms with Crippen LogP contribution in [0.1, 0.15) is 56.1 Å². The molecule has 1 aliphatic heterocycles. The summed E-state index contributed by atoms with van der Waals surface area (Å²) in [5.41, 5.74) is 2.26. The van der Waals surface area contributed by atoms with Crippen molar-refractivity contribution in [3.63, 3.8) is 0 Å². The van der Waals surface area contributed by atoms with E-state index in [9.17, 15) is 24.6 Å². The number of nitrogens with zero attached hydrogens (tertiary/aromatic N) is 2. The summed E-state index contributed by atoms with van der Waals surface area (Å²) in [7, 11) is 0. The van der Waals surface area contributed by atoms with Gasteiger partial charge in [0.1, 0.15) is 11.4 Å². The Hall–Kier alpha value is -3.79. The van der Waals surface area contributed by atoms with Crippen LogP contribution in [-0.2, 0) is 22.4 Å². The van der Waals surface area contributed by atoms with Crippen LogP contribution in [0.3, 0.4) is 0 Å². The van der Waals surface area contributed by atoms with E-state index in [-0.39, 0.29) is 43.2 Å². The number of phenolic OH excluding ortho intramolecular Hbond substituents is 1. The molecule has 0 saturated heterocycles. The molecule has 4 rings (SSSR count). The first-order valence-electron chi connectivity index (χ1n) is 14.7. The number of rotatable bonds is 13. The average molecular weight is 567 g/mol. The predicted molar refractivity (Wildman–Crippen MR) is 156 cm³/mol. The molecule has 1 saturated carbocycles. The van der Waals surface area contributed by atoms with Crippen LogP contribution in [0.4, 0.5) is 10.5 Å². The van der Waals surface area contributed by atoms with E-state index in [0.29, 0.717) is 50.5 Å². The number of ether oxygens (including phenoxy) is 1. The van der Waals surface area contributed by atoms with Crippen LogP contribution in [-0.4, -0.2) is 83.3 Å². The smallest absolute Gasteiger partial charge is 0.407 e. The number of carboxylic acid groups (broad SMARTS) is 1. The maximum Gasteiger partial charge on any atom is 0.407 e. The molecule has 3 amide bonds. The van der Waals surface area contributed by atoms with Crippen LogP contribution >= 0.6 is 0 Å². The molecule has 41 heavy (non-hydrogen) atoms. The zero-order valence-electron chi connectivity index (χ0n) is 23.6. The van der Waals surface area contributed by atoms with Crippen molar-refractivity contribution in [2.75, 3.05) is 44.6 Å². The number of hydrogen-bond acceptors (Lipinski definition) is 6. The fourth-order valence-corrected chi connectivity index (χ4v) is 5.63. The van der Waals surface area contributed by atoms with E-state index in [4.69, 9.17) is 4.74 Å². The van der Waals surface area contributed by atoms with Crippen molar-refractivity contribution >= 4 is 23.6 Å². The van der Waals surface area contributed by atoms with Gasteiger partial charge in [-0.2, -0.15) is 0 Å². The largest absolute Gasteiger partial charge is 0.506 e. The summed E-state index contributed by atoms with van der Waals surface area (Å²) in [6.07, 6.45) is 6.92. The Bertz CT molecular complexity index is 1170. The zero-order valence-corrected chi connectivity index (χ0v) is 23.6. The van der Waals surface area contributed by atoms with E-state index in [1.54, 1.807) is 12.1 Å². The molecule has 2 aromatic rings. The van der Waals surface area contributed by atoms with E-state index in [1.807, 2.05) is 35.2 Å². The van der Waals surface area contributed by atoms with Crippen molar-refractivity contribution in [2.45, 2.75) is 63.8 Å². The number of anilines is 1. The van der Waals surface area contributed by atoms with Gasteiger partial charge in [-0.3, -0.25) is 9.59 Å². The van der Waals surface area contributed by atoms with Gasteiger partial charge in [-0.25, -0.2) is 4.79 Å². The van der Waals surface area contributed by atoms with Crippen LogP contribution in [0.2, 0.25) is 0 Å².